The van der Waals surface area contributed by atoms with Crippen molar-refractivity contribution in [2.45, 2.75) is 12.0 Å². The van der Waals surface area contributed by atoms with Crippen molar-refractivity contribution >= 4 is 57.1 Å². The molecule has 0 aromatic heterocycles. The Kier molecular flexibility index (Phi) is 6.37. The molecule has 2 aromatic rings. The minimum atomic E-state index is -4.59. The van der Waals surface area contributed by atoms with E-state index in [4.69, 9.17) is 0 Å². The van der Waals surface area contributed by atoms with Gasteiger partial charge in [-0.15, -0.1) is 0 Å². The van der Waals surface area contributed by atoms with Crippen molar-refractivity contribution in [2.75, 3.05) is 0 Å². The van der Waals surface area contributed by atoms with Crippen molar-refractivity contribution in [3.05, 3.63) is 60.5 Å². The van der Waals surface area contributed by atoms with Crippen LogP contribution in [0.5, 0.6) is 5.75 Å². The molecule has 0 aliphatic heterocycles. The molecule has 2 aromatic carbocycles. The van der Waals surface area contributed by atoms with E-state index in [1.807, 2.05) is 22.6 Å². The lowest BCUT2D eigenvalue weighted by atomic mass is 10.0. The zero-order chi connectivity index (χ0) is 19.6. The predicted molar refractivity (Wildman–Crippen MR) is 98.1 cm³/mol. The molecule has 5 nitrogen and oxygen atoms in total. The number of phenolic OH excluding ortho intramolecular Hbond substituents is 1. The number of carbonyl (C=O) groups is 2. The number of rotatable bonds is 5. The molecule has 0 saturated heterocycles. The largest absolute Gasteiger partial charge is 0.544 e. The second-order valence-electron chi connectivity index (χ2n) is 5.03. The van der Waals surface area contributed by atoms with Gasteiger partial charge >= 0.3 is 11.9 Å². The van der Waals surface area contributed by atoms with Gasteiger partial charge in [-0.2, -0.15) is 8.78 Å². The first-order valence-electron chi connectivity index (χ1n) is 6.77. The molecule has 0 fully saturated rings. The van der Waals surface area contributed by atoms with Crippen LogP contribution >= 0.6 is 45.2 Å². The molecule has 0 saturated carbocycles. The van der Waals surface area contributed by atoms with E-state index in [0.29, 0.717) is 3.57 Å². The summed E-state index contributed by atoms with van der Waals surface area (Å²) in [5, 5.41) is 20.8. The third kappa shape index (κ3) is 4.39. The Hall–Kier alpha value is -1.57. The molecule has 0 radical (unpaired) electrons. The zero-order valence-electron chi connectivity index (χ0n) is 12.5. The third-order valence-corrected chi connectivity index (χ3v) is 4.69. The minimum absolute atomic E-state index is 0.270. The van der Waals surface area contributed by atoms with E-state index in [-0.39, 0.29) is 3.57 Å². The van der Waals surface area contributed by atoms with Crippen molar-refractivity contribution in [3.63, 3.8) is 0 Å². The van der Waals surface area contributed by atoms with Crippen molar-refractivity contribution < 1.29 is 37.7 Å². The molecule has 1 N–H and O–H groups in total. The Bertz CT molecular complexity index is 856. The number of hydrogen-bond donors (Lipinski definition) is 1. The molecule has 0 spiro atoms. The summed E-state index contributed by atoms with van der Waals surface area (Å²) in [6, 6.07) is 6.07. The summed E-state index contributed by atoms with van der Waals surface area (Å²) in [7, 11) is 0. The van der Waals surface area contributed by atoms with E-state index < -0.39 is 46.7 Å². The van der Waals surface area contributed by atoms with Crippen LogP contribution in [0.2, 0.25) is 0 Å². The summed E-state index contributed by atoms with van der Waals surface area (Å²) in [6.45, 7) is 0. The van der Waals surface area contributed by atoms with Crippen LogP contribution < -0.4 is 5.11 Å². The van der Waals surface area contributed by atoms with Gasteiger partial charge in [-0.25, -0.2) is 9.18 Å². The number of aliphatic carboxylic acids is 1. The fraction of sp³-hybridized carbons (Fsp3) is 0.125. The second kappa shape index (κ2) is 7.98. The number of phenols is 1. The minimum Gasteiger partial charge on any atom is -0.544 e. The van der Waals surface area contributed by atoms with Gasteiger partial charge < -0.3 is 19.7 Å². The first-order chi connectivity index (χ1) is 12.0. The van der Waals surface area contributed by atoms with Crippen LogP contribution in [0, 0.1) is 13.0 Å². The Morgan fingerprint density at radius 3 is 2.27 bits per heavy atom. The van der Waals surface area contributed by atoms with Gasteiger partial charge in [0.2, 0.25) is 0 Å². The van der Waals surface area contributed by atoms with Crippen LogP contribution in [0.15, 0.2) is 36.4 Å². The second-order valence-corrected chi connectivity index (χ2v) is 7.44. The number of ether oxygens (including phenoxy) is 1. The fourth-order valence-electron chi connectivity index (χ4n) is 1.99. The standard InChI is InChI=1S/C16H9F3I2O5/c17-8-3-1-7(2-4-8)13(16(18,19)15(24)25)26-14(23)10-5-9(20)6-11(21)12(10)22/h1-6,13,22H,(H,24,25)/p-1. The van der Waals surface area contributed by atoms with Crippen LogP contribution in [0.3, 0.4) is 0 Å². The number of benzene rings is 2. The predicted octanol–water partition coefficient (Wildman–Crippen LogP) is 3.02. The molecule has 1 unspecified atom stereocenters. The van der Waals surface area contributed by atoms with Gasteiger partial charge in [-0.3, -0.25) is 0 Å². The first-order valence-corrected chi connectivity index (χ1v) is 8.93. The van der Waals surface area contributed by atoms with Crippen LogP contribution in [0.25, 0.3) is 0 Å². The summed E-state index contributed by atoms with van der Waals surface area (Å²) >= 11 is 3.57. The Morgan fingerprint density at radius 1 is 1.15 bits per heavy atom. The van der Waals surface area contributed by atoms with E-state index in [2.05, 4.69) is 4.74 Å². The molecule has 2 rings (SSSR count). The van der Waals surface area contributed by atoms with Gasteiger partial charge in [0.1, 0.15) is 23.1 Å². The third-order valence-electron chi connectivity index (χ3n) is 3.25. The lowest BCUT2D eigenvalue weighted by molar-refractivity contribution is -0.336. The zero-order valence-corrected chi connectivity index (χ0v) is 16.8. The van der Waals surface area contributed by atoms with Crippen molar-refractivity contribution in [2.24, 2.45) is 0 Å². The van der Waals surface area contributed by atoms with E-state index in [0.717, 1.165) is 24.3 Å². The molecule has 1 atom stereocenters. The molecule has 0 aliphatic rings. The van der Waals surface area contributed by atoms with Crippen LogP contribution in [-0.4, -0.2) is 23.0 Å². The van der Waals surface area contributed by atoms with Crippen LogP contribution in [0.1, 0.15) is 22.0 Å². The highest BCUT2D eigenvalue weighted by molar-refractivity contribution is 14.1. The van der Waals surface area contributed by atoms with E-state index in [9.17, 15) is 33.0 Å². The van der Waals surface area contributed by atoms with E-state index in [1.54, 1.807) is 22.6 Å². The summed E-state index contributed by atoms with van der Waals surface area (Å²) in [5.41, 5.74) is -0.865. The Balaban J connectivity index is 2.46. The average molecular weight is 591 g/mol. The smallest absolute Gasteiger partial charge is 0.342 e. The van der Waals surface area contributed by atoms with Gasteiger partial charge in [-0.1, -0.05) is 12.1 Å². The summed E-state index contributed by atoms with van der Waals surface area (Å²) in [5.74, 6) is -9.96. The van der Waals surface area contributed by atoms with E-state index in [1.165, 1.54) is 12.1 Å². The summed E-state index contributed by atoms with van der Waals surface area (Å²) < 4.78 is 46.5. The Morgan fingerprint density at radius 2 is 1.73 bits per heavy atom. The van der Waals surface area contributed by atoms with Crippen molar-refractivity contribution in [1.29, 1.82) is 0 Å². The van der Waals surface area contributed by atoms with Gasteiger partial charge in [0.25, 0.3) is 0 Å². The lowest BCUT2D eigenvalue weighted by Gasteiger charge is -2.27. The summed E-state index contributed by atoms with van der Waals surface area (Å²) in [6.07, 6.45) is -2.57. The molecule has 0 amide bonds. The summed E-state index contributed by atoms with van der Waals surface area (Å²) in [4.78, 5) is 23.1. The maximum atomic E-state index is 14.0. The molecule has 0 heterocycles. The number of carboxylic acids is 1. The highest BCUT2D eigenvalue weighted by atomic mass is 127. The fourth-order valence-corrected chi connectivity index (χ4v) is 3.83. The van der Waals surface area contributed by atoms with E-state index >= 15 is 0 Å². The molecule has 10 heteroatoms. The highest BCUT2D eigenvalue weighted by Gasteiger charge is 2.45. The number of alkyl halides is 2. The van der Waals surface area contributed by atoms with Crippen molar-refractivity contribution in [3.8, 4) is 5.75 Å². The molecule has 138 valence electrons. The normalized spacial score (nSPS) is 12.5. The van der Waals surface area contributed by atoms with Gasteiger partial charge in [0.15, 0.2) is 6.10 Å². The number of carbonyl (C=O) groups excluding carboxylic acids is 2. The maximum absolute atomic E-state index is 14.0. The van der Waals surface area contributed by atoms with Gasteiger partial charge in [0.05, 0.1) is 3.57 Å². The number of aromatic hydroxyl groups is 1. The first kappa shape index (κ1) is 20.7. The van der Waals surface area contributed by atoms with Gasteiger partial charge in [0, 0.05) is 3.57 Å². The maximum Gasteiger partial charge on any atom is 0.342 e. The monoisotopic (exact) mass is 591 g/mol. The van der Waals surface area contributed by atoms with Crippen LogP contribution in [0.4, 0.5) is 13.2 Å². The number of halogens is 5. The van der Waals surface area contributed by atoms with Crippen molar-refractivity contribution in [1.82, 2.24) is 0 Å². The highest BCUT2D eigenvalue weighted by Crippen LogP contribution is 2.36. The topological polar surface area (TPSA) is 86.7 Å². The molecular weight excluding hydrogens is 583 g/mol. The number of carboxylic acid groups (broad SMARTS) is 1. The lowest BCUT2D eigenvalue weighted by Crippen LogP contribution is -2.47. The number of hydrogen-bond acceptors (Lipinski definition) is 5. The molecular formula is C16H8F3I2O5-. The quantitative estimate of drug-likeness (QED) is 0.427. The molecule has 26 heavy (non-hydrogen) atoms. The molecule has 0 bridgehead atoms. The average Bonchev–Trinajstić information content (AvgIpc) is 2.56. The molecule has 0 aliphatic carbocycles. The number of esters is 1. The SMILES string of the molecule is O=C(OC(c1ccc(F)cc1)C(F)(F)C(=O)[O-])c1cc(I)cc(I)c1O. The Labute approximate surface area is 172 Å². The van der Waals surface area contributed by atoms with Gasteiger partial charge in [-0.05, 0) is 75.0 Å². The van der Waals surface area contributed by atoms with Crippen LogP contribution in [-0.2, 0) is 9.53 Å².